The molecule has 4 N–H and O–H groups in total. The number of halogens is 1. The Labute approximate surface area is 114 Å². The summed E-state index contributed by atoms with van der Waals surface area (Å²) in [4.78, 5) is 24.6. The number of amides is 1. The standard InChI is InChI=1S/C11H13ClN6O/c1-18(6-9-14-2-3-15-9)11(19)7-4-8(12)10(17-13)16-5-7/h2-5H,6,13H2,1H3,(H,14,15)(H,16,17). The maximum absolute atomic E-state index is 12.2. The highest BCUT2D eigenvalue weighted by molar-refractivity contribution is 6.33. The summed E-state index contributed by atoms with van der Waals surface area (Å²) in [6, 6.07) is 1.52. The molecule has 0 aliphatic carbocycles. The number of hydrogen-bond acceptors (Lipinski definition) is 5. The number of H-pyrrole nitrogens is 1. The molecule has 0 unspecified atom stereocenters. The zero-order chi connectivity index (χ0) is 13.8. The normalized spacial score (nSPS) is 10.3. The highest BCUT2D eigenvalue weighted by Gasteiger charge is 2.15. The van der Waals surface area contributed by atoms with Crippen LogP contribution >= 0.6 is 11.6 Å². The lowest BCUT2D eigenvalue weighted by molar-refractivity contribution is 0.0781. The third-order valence-corrected chi connectivity index (χ3v) is 2.80. The number of hydrogen-bond donors (Lipinski definition) is 3. The van der Waals surface area contributed by atoms with Crippen LogP contribution in [0.2, 0.25) is 5.02 Å². The Morgan fingerprint density at radius 1 is 1.58 bits per heavy atom. The van der Waals surface area contributed by atoms with Crippen LogP contribution in [0.25, 0.3) is 0 Å². The maximum atomic E-state index is 12.2. The molecule has 2 rings (SSSR count). The minimum atomic E-state index is -0.200. The van der Waals surface area contributed by atoms with Crippen LogP contribution in [0, 0.1) is 0 Å². The molecule has 0 aliphatic heterocycles. The number of nitrogens with two attached hydrogens (primary N) is 1. The van der Waals surface area contributed by atoms with Crippen molar-refractivity contribution in [3.63, 3.8) is 0 Å². The second kappa shape index (κ2) is 5.68. The van der Waals surface area contributed by atoms with Crippen molar-refractivity contribution >= 4 is 23.3 Å². The third-order valence-electron chi connectivity index (χ3n) is 2.51. The van der Waals surface area contributed by atoms with Crippen molar-refractivity contribution in [2.24, 2.45) is 5.84 Å². The van der Waals surface area contributed by atoms with Crippen LogP contribution in [0.4, 0.5) is 5.82 Å². The van der Waals surface area contributed by atoms with Gasteiger partial charge in [-0.1, -0.05) is 11.6 Å². The molecule has 0 fully saturated rings. The van der Waals surface area contributed by atoms with Crippen LogP contribution in [0.15, 0.2) is 24.7 Å². The van der Waals surface area contributed by atoms with E-state index >= 15 is 0 Å². The molecule has 0 bridgehead atoms. The van der Waals surface area contributed by atoms with Crippen LogP contribution in [0.5, 0.6) is 0 Å². The number of nitrogen functional groups attached to an aromatic ring is 1. The largest absolute Gasteiger partial charge is 0.347 e. The van der Waals surface area contributed by atoms with Gasteiger partial charge >= 0.3 is 0 Å². The summed E-state index contributed by atoms with van der Waals surface area (Å²) in [7, 11) is 1.67. The first-order chi connectivity index (χ1) is 9.11. The van der Waals surface area contributed by atoms with Crippen LogP contribution < -0.4 is 11.3 Å². The molecule has 100 valence electrons. The van der Waals surface area contributed by atoms with Crippen molar-refractivity contribution in [2.45, 2.75) is 6.54 Å². The summed E-state index contributed by atoms with van der Waals surface area (Å²) in [5.74, 6) is 6.05. The third kappa shape index (κ3) is 3.01. The zero-order valence-corrected chi connectivity index (χ0v) is 11.0. The minimum Gasteiger partial charge on any atom is -0.347 e. The molecule has 0 spiro atoms. The van der Waals surface area contributed by atoms with E-state index in [1.807, 2.05) is 0 Å². The van der Waals surface area contributed by atoms with Gasteiger partial charge in [-0.2, -0.15) is 0 Å². The average Bonchev–Trinajstić information content (AvgIpc) is 2.90. The van der Waals surface area contributed by atoms with Crippen LogP contribution in [0.1, 0.15) is 16.2 Å². The predicted molar refractivity (Wildman–Crippen MR) is 71.4 cm³/mol. The van der Waals surface area contributed by atoms with Crippen molar-refractivity contribution in [3.05, 3.63) is 41.1 Å². The molecule has 0 aliphatic rings. The monoisotopic (exact) mass is 280 g/mol. The number of aromatic amines is 1. The van der Waals surface area contributed by atoms with Gasteiger partial charge in [-0.3, -0.25) is 4.79 Å². The van der Waals surface area contributed by atoms with Crippen molar-refractivity contribution in [3.8, 4) is 0 Å². The molecule has 0 atom stereocenters. The summed E-state index contributed by atoms with van der Waals surface area (Å²) in [6.45, 7) is 0.375. The number of nitrogens with zero attached hydrogens (tertiary/aromatic N) is 3. The molecule has 0 saturated heterocycles. The number of nitrogens with one attached hydrogen (secondary N) is 2. The molecule has 2 heterocycles. The van der Waals surface area contributed by atoms with Gasteiger partial charge in [0.1, 0.15) is 5.82 Å². The number of rotatable bonds is 4. The number of carbonyl (C=O) groups excluding carboxylic acids is 1. The number of aromatic nitrogens is 3. The van der Waals surface area contributed by atoms with Gasteiger partial charge in [0, 0.05) is 25.6 Å². The van der Waals surface area contributed by atoms with E-state index in [0.29, 0.717) is 28.8 Å². The first kappa shape index (κ1) is 13.3. The summed E-state index contributed by atoms with van der Waals surface area (Å²) in [5.41, 5.74) is 2.73. The van der Waals surface area contributed by atoms with Crippen LogP contribution in [-0.2, 0) is 6.54 Å². The van der Waals surface area contributed by atoms with Gasteiger partial charge < -0.3 is 15.3 Å². The molecular weight excluding hydrogens is 268 g/mol. The van der Waals surface area contributed by atoms with Crippen LogP contribution in [-0.4, -0.2) is 32.8 Å². The van der Waals surface area contributed by atoms with Gasteiger partial charge in [-0.05, 0) is 6.07 Å². The van der Waals surface area contributed by atoms with Gasteiger partial charge in [0.05, 0.1) is 17.1 Å². The molecule has 2 aromatic rings. The second-order valence-corrected chi connectivity index (χ2v) is 4.30. The molecule has 8 heteroatoms. The molecule has 19 heavy (non-hydrogen) atoms. The summed E-state index contributed by atoms with van der Waals surface area (Å²) in [5, 5.41) is 0.291. The van der Waals surface area contributed by atoms with E-state index in [1.165, 1.54) is 17.2 Å². The number of pyridine rings is 1. The first-order valence-electron chi connectivity index (χ1n) is 5.47. The smallest absolute Gasteiger partial charge is 0.255 e. The molecule has 0 saturated carbocycles. The Kier molecular flexibility index (Phi) is 3.98. The number of anilines is 1. The maximum Gasteiger partial charge on any atom is 0.255 e. The first-order valence-corrected chi connectivity index (χ1v) is 5.85. The lowest BCUT2D eigenvalue weighted by Crippen LogP contribution is -2.27. The van der Waals surface area contributed by atoms with Crippen molar-refractivity contribution < 1.29 is 4.79 Å². The molecular formula is C11H13ClN6O. The van der Waals surface area contributed by atoms with E-state index in [0.717, 1.165) is 0 Å². The Hall–Kier alpha value is -2.12. The second-order valence-electron chi connectivity index (χ2n) is 3.90. The topological polar surface area (TPSA) is 99.9 Å². The van der Waals surface area contributed by atoms with Gasteiger partial charge in [-0.25, -0.2) is 15.8 Å². The quantitative estimate of drug-likeness (QED) is 0.573. The summed E-state index contributed by atoms with van der Waals surface area (Å²) in [6.07, 6.45) is 4.75. The summed E-state index contributed by atoms with van der Waals surface area (Å²) >= 11 is 5.93. The van der Waals surface area contributed by atoms with Gasteiger partial charge in [0.25, 0.3) is 5.91 Å². The van der Waals surface area contributed by atoms with E-state index in [-0.39, 0.29) is 5.91 Å². The molecule has 2 aromatic heterocycles. The fraction of sp³-hybridized carbons (Fsp3) is 0.182. The number of hydrazine groups is 1. The lowest BCUT2D eigenvalue weighted by Gasteiger charge is -2.16. The SMILES string of the molecule is CN(Cc1ncc[nH]1)C(=O)c1cnc(NN)c(Cl)c1. The predicted octanol–water partition coefficient (Wildman–Crippen LogP) is 1.02. The molecule has 1 amide bonds. The van der Waals surface area contributed by atoms with Crippen molar-refractivity contribution in [1.29, 1.82) is 0 Å². The highest BCUT2D eigenvalue weighted by atomic mass is 35.5. The van der Waals surface area contributed by atoms with E-state index in [4.69, 9.17) is 17.4 Å². The minimum absolute atomic E-state index is 0.200. The number of imidazole rings is 1. The Morgan fingerprint density at radius 2 is 2.37 bits per heavy atom. The Morgan fingerprint density at radius 3 is 2.95 bits per heavy atom. The van der Waals surface area contributed by atoms with E-state index in [9.17, 15) is 4.79 Å². The van der Waals surface area contributed by atoms with E-state index in [2.05, 4.69) is 20.4 Å². The zero-order valence-electron chi connectivity index (χ0n) is 10.2. The Balaban J connectivity index is 2.12. The summed E-state index contributed by atoms with van der Waals surface area (Å²) < 4.78 is 0. The van der Waals surface area contributed by atoms with Crippen molar-refractivity contribution in [2.75, 3.05) is 12.5 Å². The number of carbonyl (C=O) groups is 1. The van der Waals surface area contributed by atoms with Gasteiger partial charge in [0.15, 0.2) is 5.82 Å². The van der Waals surface area contributed by atoms with E-state index in [1.54, 1.807) is 19.4 Å². The molecule has 0 radical (unpaired) electrons. The Bertz CT molecular complexity index is 571. The lowest BCUT2D eigenvalue weighted by atomic mass is 10.2. The van der Waals surface area contributed by atoms with Crippen LogP contribution in [0.3, 0.4) is 0 Å². The molecule has 0 aromatic carbocycles. The fourth-order valence-corrected chi connectivity index (χ4v) is 1.78. The van der Waals surface area contributed by atoms with Crippen molar-refractivity contribution in [1.82, 2.24) is 19.9 Å². The van der Waals surface area contributed by atoms with E-state index < -0.39 is 0 Å². The molecule has 7 nitrogen and oxygen atoms in total. The highest BCUT2D eigenvalue weighted by Crippen LogP contribution is 2.19. The van der Waals surface area contributed by atoms with Gasteiger partial charge in [-0.15, -0.1) is 0 Å². The average molecular weight is 281 g/mol. The van der Waals surface area contributed by atoms with Gasteiger partial charge in [0.2, 0.25) is 0 Å². The fourth-order valence-electron chi connectivity index (χ4n) is 1.56.